The Bertz CT molecular complexity index is 415. The molecule has 0 saturated heterocycles. The molecule has 0 aliphatic carbocycles. The van der Waals surface area contributed by atoms with Crippen molar-refractivity contribution < 1.29 is 14.7 Å². The van der Waals surface area contributed by atoms with E-state index in [2.05, 4.69) is 20.9 Å². The van der Waals surface area contributed by atoms with E-state index in [1.54, 1.807) is 13.8 Å². The number of amides is 3. The summed E-state index contributed by atoms with van der Waals surface area (Å²) in [6, 6.07) is -1.27. The molecule has 1 rings (SSSR count). The molecule has 94 valence electrons. The van der Waals surface area contributed by atoms with Gasteiger partial charge in [0.2, 0.25) is 0 Å². The van der Waals surface area contributed by atoms with Crippen molar-refractivity contribution in [3.05, 3.63) is 11.9 Å². The third-order valence-electron chi connectivity index (χ3n) is 2.20. The van der Waals surface area contributed by atoms with Gasteiger partial charge in [-0.2, -0.15) is 0 Å². The Kier molecular flexibility index (Phi) is 4.16. The predicted molar refractivity (Wildman–Crippen MR) is 58.0 cm³/mol. The largest absolute Gasteiger partial charge is 0.387 e. The number of carbonyl (C=O) groups is 2. The molecule has 0 saturated carbocycles. The molecule has 1 aromatic heterocycles. The fourth-order valence-electron chi connectivity index (χ4n) is 1.07. The fourth-order valence-corrected chi connectivity index (χ4v) is 1.07. The van der Waals surface area contributed by atoms with E-state index in [9.17, 15) is 14.7 Å². The van der Waals surface area contributed by atoms with Gasteiger partial charge in [0, 0.05) is 7.05 Å². The smallest absolute Gasteiger partial charge is 0.321 e. The first-order valence-electron chi connectivity index (χ1n) is 5.08. The van der Waals surface area contributed by atoms with Crippen molar-refractivity contribution in [1.29, 1.82) is 0 Å². The van der Waals surface area contributed by atoms with Gasteiger partial charge < -0.3 is 10.4 Å². The summed E-state index contributed by atoms with van der Waals surface area (Å²) >= 11 is 0. The molecule has 0 aliphatic rings. The van der Waals surface area contributed by atoms with Gasteiger partial charge in [-0.05, 0) is 13.8 Å². The van der Waals surface area contributed by atoms with Crippen LogP contribution in [0.15, 0.2) is 6.20 Å². The first kappa shape index (κ1) is 13.1. The molecule has 1 aromatic rings. The number of aliphatic hydroxyl groups is 1. The molecule has 3 amide bonds. The van der Waals surface area contributed by atoms with Gasteiger partial charge >= 0.3 is 6.03 Å². The normalized spacial score (nSPS) is 13.9. The van der Waals surface area contributed by atoms with Crippen molar-refractivity contribution >= 4 is 11.9 Å². The minimum atomic E-state index is -0.752. The van der Waals surface area contributed by atoms with E-state index in [1.165, 1.54) is 17.9 Å². The lowest BCUT2D eigenvalue weighted by atomic mass is 10.3. The van der Waals surface area contributed by atoms with Crippen LogP contribution in [-0.2, 0) is 4.79 Å². The third-order valence-corrected chi connectivity index (χ3v) is 2.20. The molecule has 0 radical (unpaired) electrons. The topological polar surface area (TPSA) is 109 Å². The molecule has 17 heavy (non-hydrogen) atoms. The Morgan fingerprint density at radius 3 is 2.59 bits per heavy atom. The van der Waals surface area contributed by atoms with Crippen LogP contribution in [0.2, 0.25) is 0 Å². The van der Waals surface area contributed by atoms with Gasteiger partial charge in [0.05, 0.1) is 12.3 Å². The van der Waals surface area contributed by atoms with Crippen LogP contribution >= 0.6 is 0 Å². The zero-order valence-electron chi connectivity index (χ0n) is 9.84. The van der Waals surface area contributed by atoms with Crippen molar-refractivity contribution in [2.24, 2.45) is 0 Å². The predicted octanol–water partition coefficient (Wildman–Crippen LogP) is -0.652. The highest BCUT2D eigenvalue weighted by atomic mass is 16.3. The molecular formula is C9H15N5O3. The number of hydrogen-bond donors (Lipinski definition) is 3. The summed E-state index contributed by atoms with van der Waals surface area (Å²) < 4.78 is 1.28. The van der Waals surface area contributed by atoms with Crippen LogP contribution in [0.4, 0.5) is 4.79 Å². The van der Waals surface area contributed by atoms with Crippen molar-refractivity contribution in [3.63, 3.8) is 0 Å². The molecule has 0 aromatic carbocycles. The van der Waals surface area contributed by atoms with E-state index >= 15 is 0 Å². The van der Waals surface area contributed by atoms with Crippen molar-refractivity contribution in [3.8, 4) is 0 Å². The lowest BCUT2D eigenvalue weighted by molar-refractivity contribution is -0.123. The number of carbonyl (C=O) groups excluding carboxylic acids is 2. The molecule has 0 fully saturated rings. The summed E-state index contributed by atoms with van der Waals surface area (Å²) in [5.74, 6) is -0.508. The zero-order chi connectivity index (χ0) is 13.0. The number of imide groups is 1. The quantitative estimate of drug-likeness (QED) is 0.651. The van der Waals surface area contributed by atoms with Crippen LogP contribution in [0.25, 0.3) is 0 Å². The lowest BCUT2D eigenvalue weighted by Gasteiger charge is -2.10. The van der Waals surface area contributed by atoms with Crippen molar-refractivity contribution in [1.82, 2.24) is 25.6 Å². The van der Waals surface area contributed by atoms with Crippen LogP contribution < -0.4 is 10.6 Å². The van der Waals surface area contributed by atoms with Gasteiger partial charge in [0.25, 0.3) is 5.91 Å². The minimum absolute atomic E-state index is 0.365. The van der Waals surface area contributed by atoms with Crippen molar-refractivity contribution in [2.75, 3.05) is 7.05 Å². The summed E-state index contributed by atoms with van der Waals surface area (Å²) in [6.07, 6.45) is 0.705. The highest BCUT2D eigenvalue weighted by molar-refractivity contribution is 5.95. The number of aliphatic hydroxyl groups excluding tert-OH is 1. The SMILES string of the molecule is CNC(=O)NC(=O)C(C)n1cc(C(C)O)nn1. The summed E-state index contributed by atoms with van der Waals surface area (Å²) in [7, 11) is 1.41. The van der Waals surface area contributed by atoms with Crippen LogP contribution in [0.1, 0.15) is 31.7 Å². The lowest BCUT2D eigenvalue weighted by Crippen LogP contribution is -2.40. The van der Waals surface area contributed by atoms with E-state index in [0.29, 0.717) is 5.69 Å². The van der Waals surface area contributed by atoms with E-state index in [4.69, 9.17) is 0 Å². The molecular weight excluding hydrogens is 226 g/mol. The number of aromatic nitrogens is 3. The second-order valence-corrected chi connectivity index (χ2v) is 3.54. The second kappa shape index (κ2) is 5.39. The second-order valence-electron chi connectivity index (χ2n) is 3.54. The maximum absolute atomic E-state index is 11.6. The number of hydrogen-bond acceptors (Lipinski definition) is 5. The molecule has 8 heteroatoms. The van der Waals surface area contributed by atoms with Crippen LogP contribution in [-0.4, -0.2) is 39.1 Å². The highest BCUT2D eigenvalue weighted by Crippen LogP contribution is 2.10. The molecule has 0 bridgehead atoms. The Hall–Kier alpha value is -1.96. The monoisotopic (exact) mass is 241 g/mol. The van der Waals surface area contributed by atoms with Gasteiger partial charge in [-0.15, -0.1) is 5.10 Å². The number of nitrogens with one attached hydrogen (secondary N) is 2. The van der Waals surface area contributed by atoms with Crippen LogP contribution in [0, 0.1) is 0 Å². The fraction of sp³-hybridized carbons (Fsp3) is 0.556. The molecule has 8 nitrogen and oxygen atoms in total. The Labute approximate surface area is 98.0 Å². The van der Waals surface area contributed by atoms with Gasteiger partial charge in [-0.25, -0.2) is 9.48 Å². The average Bonchev–Trinajstić information content (AvgIpc) is 2.77. The van der Waals surface area contributed by atoms with Crippen LogP contribution in [0.3, 0.4) is 0 Å². The van der Waals surface area contributed by atoms with Crippen LogP contribution in [0.5, 0.6) is 0 Å². The minimum Gasteiger partial charge on any atom is -0.387 e. The Balaban J connectivity index is 2.71. The Morgan fingerprint density at radius 2 is 2.12 bits per heavy atom. The molecule has 1 heterocycles. The first-order valence-corrected chi connectivity index (χ1v) is 5.08. The highest BCUT2D eigenvalue weighted by Gasteiger charge is 2.19. The summed E-state index contributed by atoms with van der Waals surface area (Å²) in [4.78, 5) is 22.5. The van der Waals surface area contributed by atoms with Gasteiger partial charge in [-0.1, -0.05) is 5.21 Å². The standard InChI is InChI=1S/C9H15N5O3/c1-5(8(16)11-9(17)10-3)14-4-7(6(2)15)12-13-14/h4-6,15H,1-3H3,(H2,10,11,16,17). The summed E-state index contributed by atoms with van der Waals surface area (Å²) in [5.41, 5.74) is 0.365. The van der Waals surface area contributed by atoms with E-state index in [1.807, 2.05) is 0 Å². The zero-order valence-corrected chi connectivity index (χ0v) is 9.84. The molecule has 2 unspecified atom stereocenters. The van der Waals surface area contributed by atoms with E-state index in [0.717, 1.165) is 0 Å². The maximum Gasteiger partial charge on any atom is 0.321 e. The number of nitrogens with zero attached hydrogens (tertiary/aromatic N) is 3. The van der Waals surface area contributed by atoms with Gasteiger partial charge in [0.1, 0.15) is 11.7 Å². The summed E-state index contributed by atoms with van der Waals surface area (Å²) in [6.45, 7) is 3.11. The van der Waals surface area contributed by atoms with Crippen molar-refractivity contribution in [2.45, 2.75) is 26.0 Å². The molecule has 2 atom stereocenters. The number of rotatable bonds is 3. The summed E-state index contributed by atoms with van der Waals surface area (Å²) in [5, 5.41) is 21.1. The molecule has 3 N–H and O–H groups in total. The van der Waals surface area contributed by atoms with Gasteiger partial charge in [0.15, 0.2) is 0 Å². The third kappa shape index (κ3) is 3.25. The Morgan fingerprint density at radius 1 is 1.47 bits per heavy atom. The number of urea groups is 1. The first-order chi connectivity index (χ1) is 7.95. The average molecular weight is 241 g/mol. The van der Waals surface area contributed by atoms with E-state index in [-0.39, 0.29) is 0 Å². The molecule has 0 spiro atoms. The maximum atomic E-state index is 11.6. The molecule has 0 aliphatic heterocycles. The van der Waals surface area contributed by atoms with Gasteiger partial charge in [-0.3, -0.25) is 10.1 Å². The van der Waals surface area contributed by atoms with E-state index < -0.39 is 24.1 Å².